The summed E-state index contributed by atoms with van der Waals surface area (Å²) in [7, 11) is 0. The molecule has 2 aromatic heterocycles. The zero-order valence-electron chi connectivity index (χ0n) is 12.7. The molecule has 1 unspecified atom stereocenters. The first-order valence-corrected chi connectivity index (χ1v) is 7.65. The van der Waals surface area contributed by atoms with E-state index in [1.807, 2.05) is 12.1 Å². The molecule has 22 heavy (non-hydrogen) atoms. The van der Waals surface area contributed by atoms with Gasteiger partial charge in [-0.25, -0.2) is 4.98 Å². The van der Waals surface area contributed by atoms with Crippen molar-refractivity contribution in [3.63, 3.8) is 0 Å². The first kappa shape index (κ1) is 14.5. The lowest BCUT2D eigenvalue weighted by atomic mass is 10.0. The fourth-order valence-electron chi connectivity index (χ4n) is 2.74. The Hall–Kier alpha value is -2.43. The SMILES string of the molecule is CC1CCCN(c2ccc(NC(=O)c3cccnc3)cn2)C1. The number of piperidine rings is 1. The predicted octanol–water partition coefficient (Wildman–Crippen LogP) is 2.97. The first-order valence-electron chi connectivity index (χ1n) is 7.65. The number of amides is 1. The minimum atomic E-state index is -0.172. The first-order chi connectivity index (χ1) is 10.7. The van der Waals surface area contributed by atoms with Gasteiger partial charge in [0.15, 0.2) is 0 Å². The van der Waals surface area contributed by atoms with Crippen molar-refractivity contribution in [3.05, 3.63) is 48.4 Å². The van der Waals surface area contributed by atoms with Gasteiger partial charge in [0.05, 0.1) is 17.4 Å². The van der Waals surface area contributed by atoms with E-state index < -0.39 is 0 Å². The molecule has 0 spiro atoms. The number of hydrogen-bond acceptors (Lipinski definition) is 4. The largest absolute Gasteiger partial charge is 0.356 e. The van der Waals surface area contributed by atoms with Gasteiger partial charge in [0.1, 0.15) is 5.82 Å². The predicted molar refractivity (Wildman–Crippen MR) is 87.0 cm³/mol. The summed E-state index contributed by atoms with van der Waals surface area (Å²) in [6.45, 7) is 4.38. The molecular weight excluding hydrogens is 276 g/mol. The summed E-state index contributed by atoms with van der Waals surface area (Å²) >= 11 is 0. The number of nitrogens with one attached hydrogen (secondary N) is 1. The molecule has 0 aliphatic carbocycles. The van der Waals surface area contributed by atoms with Gasteiger partial charge >= 0.3 is 0 Å². The summed E-state index contributed by atoms with van der Waals surface area (Å²) in [5, 5.41) is 2.84. The highest BCUT2D eigenvalue weighted by atomic mass is 16.1. The van der Waals surface area contributed by atoms with Gasteiger partial charge in [0.25, 0.3) is 5.91 Å². The van der Waals surface area contributed by atoms with Crippen LogP contribution in [0.25, 0.3) is 0 Å². The Kier molecular flexibility index (Phi) is 4.32. The van der Waals surface area contributed by atoms with E-state index in [0.29, 0.717) is 17.2 Å². The van der Waals surface area contributed by atoms with Crippen molar-refractivity contribution >= 4 is 17.4 Å². The van der Waals surface area contributed by atoms with Crippen LogP contribution in [0.2, 0.25) is 0 Å². The van der Waals surface area contributed by atoms with E-state index in [1.165, 1.54) is 12.8 Å². The highest BCUT2D eigenvalue weighted by Crippen LogP contribution is 2.22. The second kappa shape index (κ2) is 6.56. The number of carbonyl (C=O) groups excluding carboxylic acids is 1. The van der Waals surface area contributed by atoms with E-state index in [9.17, 15) is 4.79 Å². The smallest absolute Gasteiger partial charge is 0.257 e. The zero-order valence-corrected chi connectivity index (χ0v) is 12.7. The van der Waals surface area contributed by atoms with E-state index >= 15 is 0 Å². The van der Waals surface area contributed by atoms with Crippen LogP contribution in [-0.4, -0.2) is 29.0 Å². The summed E-state index contributed by atoms with van der Waals surface area (Å²) in [6, 6.07) is 7.35. The van der Waals surface area contributed by atoms with Gasteiger partial charge in [-0.05, 0) is 43.0 Å². The molecule has 5 heteroatoms. The van der Waals surface area contributed by atoms with Crippen LogP contribution in [-0.2, 0) is 0 Å². The zero-order chi connectivity index (χ0) is 15.4. The number of hydrogen-bond donors (Lipinski definition) is 1. The van der Waals surface area contributed by atoms with E-state index in [1.54, 1.807) is 30.7 Å². The molecule has 114 valence electrons. The van der Waals surface area contributed by atoms with Crippen LogP contribution in [0.15, 0.2) is 42.9 Å². The summed E-state index contributed by atoms with van der Waals surface area (Å²) < 4.78 is 0. The molecular formula is C17H20N4O. The van der Waals surface area contributed by atoms with Crippen LogP contribution < -0.4 is 10.2 Å². The summed E-state index contributed by atoms with van der Waals surface area (Å²) in [5.41, 5.74) is 1.24. The highest BCUT2D eigenvalue weighted by Gasteiger charge is 2.17. The van der Waals surface area contributed by atoms with Crippen LogP contribution >= 0.6 is 0 Å². The molecule has 1 atom stereocenters. The molecule has 5 nitrogen and oxygen atoms in total. The minimum absolute atomic E-state index is 0.172. The maximum Gasteiger partial charge on any atom is 0.257 e. The van der Waals surface area contributed by atoms with Crippen molar-refractivity contribution in [1.29, 1.82) is 0 Å². The number of pyridine rings is 2. The van der Waals surface area contributed by atoms with Crippen LogP contribution in [0.5, 0.6) is 0 Å². The third-order valence-electron chi connectivity index (χ3n) is 3.91. The molecule has 0 radical (unpaired) electrons. The second-order valence-corrected chi connectivity index (χ2v) is 5.79. The maximum absolute atomic E-state index is 12.1. The topological polar surface area (TPSA) is 58.1 Å². The fraction of sp³-hybridized carbons (Fsp3) is 0.353. The monoisotopic (exact) mass is 296 g/mol. The van der Waals surface area contributed by atoms with Gasteiger partial charge in [-0.2, -0.15) is 0 Å². The fourth-order valence-corrected chi connectivity index (χ4v) is 2.74. The van der Waals surface area contributed by atoms with Gasteiger partial charge in [-0.1, -0.05) is 6.92 Å². The number of aromatic nitrogens is 2. The van der Waals surface area contributed by atoms with Gasteiger partial charge in [-0.3, -0.25) is 9.78 Å². The molecule has 1 aliphatic heterocycles. The molecule has 0 aromatic carbocycles. The Bertz CT molecular complexity index is 627. The molecule has 2 aromatic rings. The lowest BCUT2D eigenvalue weighted by Crippen LogP contribution is -2.34. The molecule has 1 N–H and O–H groups in total. The van der Waals surface area contributed by atoms with E-state index in [2.05, 4.69) is 27.1 Å². The van der Waals surface area contributed by atoms with Crippen molar-refractivity contribution in [2.24, 2.45) is 5.92 Å². The summed E-state index contributed by atoms with van der Waals surface area (Å²) in [4.78, 5) is 22.8. The average Bonchev–Trinajstić information content (AvgIpc) is 2.56. The molecule has 0 bridgehead atoms. The Labute approximate surface area is 130 Å². The van der Waals surface area contributed by atoms with Crippen LogP contribution in [0.3, 0.4) is 0 Å². The highest BCUT2D eigenvalue weighted by molar-refractivity contribution is 6.03. The van der Waals surface area contributed by atoms with Crippen LogP contribution in [0.4, 0.5) is 11.5 Å². The standard InChI is InChI=1S/C17H20N4O/c1-13-4-3-9-21(12-13)16-7-6-15(11-19-16)20-17(22)14-5-2-8-18-10-14/h2,5-8,10-11,13H,3-4,9,12H2,1H3,(H,20,22). The van der Waals surface area contributed by atoms with Crippen molar-refractivity contribution in [1.82, 2.24) is 9.97 Å². The van der Waals surface area contributed by atoms with E-state index in [4.69, 9.17) is 0 Å². The Balaban J connectivity index is 1.65. The molecule has 3 heterocycles. The normalized spacial score (nSPS) is 18.0. The van der Waals surface area contributed by atoms with Gasteiger partial charge in [-0.15, -0.1) is 0 Å². The lowest BCUT2D eigenvalue weighted by Gasteiger charge is -2.31. The van der Waals surface area contributed by atoms with Gasteiger partial charge < -0.3 is 10.2 Å². The molecule has 1 saturated heterocycles. The van der Waals surface area contributed by atoms with Crippen molar-refractivity contribution in [2.45, 2.75) is 19.8 Å². The van der Waals surface area contributed by atoms with Crippen molar-refractivity contribution in [3.8, 4) is 0 Å². The number of anilines is 2. The molecule has 3 rings (SSSR count). The third kappa shape index (κ3) is 3.42. The summed E-state index contributed by atoms with van der Waals surface area (Å²) in [5.74, 6) is 1.51. The number of nitrogens with zero attached hydrogens (tertiary/aromatic N) is 3. The number of carbonyl (C=O) groups is 1. The van der Waals surface area contributed by atoms with Crippen molar-refractivity contribution < 1.29 is 4.79 Å². The minimum Gasteiger partial charge on any atom is -0.356 e. The molecule has 1 aliphatic rings. The van der Waals surface area contributed by atoms with Gasteiger partial charge in [0, 0.05) is 25.5 Å². The quantitative estimate of drug-likeness (QED) is 0.946. The molecule has 0 saturated carbocycles. The van der Waals surface area contributed by atoms with Crippen molar-refractivity contribution in [2.75, 3.05) is 23.3 Å². The average molecular weight is 296 g/mol. The molecule has 1 fully saturated rings. The Morgan fingerprint density at radius 1 is 1.32 bits per heavy atom. The lowest BCUT2D eigenvalue weighted by molar-refractivity contribution is 0.102. The van der Waals surface area contributed by atoms with E-state index in [0.717, 1.165) is 18.9 Å². The summed E-state index contributed by atoms with van der Waals surface area (Å²) in [6.07, 6.45) is 7.40. The molecule has 1 amide bonds. The number of rotatable bonds is 3. The third-order valence-corrected chi connectivity index (χ3v) is 3.91. The van der Waals surface area contributed by atoms with Crippen LogP contribution in [0, 0.1) is 5.92 Å². The Morgan fingerprint density at radius 2 is 2.23 bits per heavy atom. The Morgan fingerprint density at radius 3 is 2.91 bits per heavy atom. The van der Waals surface area contributed by atoms with Crippen LogP contribution in [0.1, 0.15) is 30.1 Å². The van der Waals surface area contributed by atoms with E-state index in [-0.39, 0.29) is 5.91 Å². The van der Waals surface area contributed by atoms with Gasteiger partial charge in [0.2, 0.25) is 0 Å². The second-order valence-electron chi connectivity index (χ2n) is 5.79. The maximum atomic E-state index is 12.1.